The number of fused-ring (bicyclic) bond motifs is 1. The number of carbonyl (C=O) groups is 2. The number of primary amides is 1. The Hall–Kier alpha value is -3.32. The van der Waals surface area contributed by atoms with Gasteiger partial charge >= 0.3 is 0 Å². The highest BCUT2D eigenvalue weighted by Gasteiger charge is 2.23. The molecule has 0 aliphatic heterocycles. The molecule has 2 amide bonds. The summed E-state index contributed by atoms with van der Waals surface area (Å²) in [6.07, 6.45) is 2.39. The first kappa shape index (κ1) is 18.5. The number of phenolic OH excluding ortho intramolecular Hbond substituents is 1. The van der Waals surface area contributed by atoms with E-state index in [1.165, 1.54) is 12.1 Å². The molecule has 2 aromatic carbocycles. The van der Waals surface area contributed by atoms with Gasteiger partial charge in [0.25, 0.3) is 0 Å². The molecule has 7 N–H and O–H groups in total. The lowest BCUT2D eigenvalue weighted by atomic mass is 10.0. The number of carbonyl (C=O) groups excluding carboxylic acids is 2. The number of phenols is 1. The van der Waals surface area contributed by atoms with Gasteiger partial charge in [-0.2, -0.15) is 0 Å². The predicted molar refractivity (Wildman–Crippen MR) is 103 cm³/mol. The Balaban J connectivity index is 1.66. The number of rotatable bonds is 7. The average molecular weight is 366 g/mol. The van der Waals surface area contributed by atoms with Crippen molar-refractivity contribution in [1.82, 2.24) is 10.3 Å². The molecule has 1 heterocycles. The predicted octanol–water partition coefficient (Wildman–Crippen LogP) is 0.956. The van der Waals surface area contributed by atoms with Crippen LogP contribution in [-0.4, -0.2) is 34.0 Å². The van der Waals surface area contributed by atoms with Gasteiger partial charge in [0.2, 0.25) is 11.8 Å². The summed E-state index contributed by atoms with van der Waals surface area (Å²) in [6.45, 7) is 0. The third-order valence-corrected chi connectivity index (χ3v) is 4.49. The fourth-order valence-corrected chi connectivity index (χ4v) is 3.00. The van der Waals surface area contributed by atoms with Gasteiger partial charge in [-0.3, -0.25) is 9.59 Å². The number of hydrogen-bond acceptors (Lipinski definition) is 4. The molecule has 0 saturated heterocycles. The molecule has 1 aromatic heterocycles. The molecule has 3 aromatic rings. The minimum atomic E-state index is -0.879. The van der Waals surface area contributed by atoms with Crippen molar-refractivity contribution in [1.29, 1.82) is 0 Å². The highest BCUT2D eigenvalue weighted by molar-refractivity contribution is 5.90. The van der Waals surface area contributed by atoms with Gasteiger partial charge in [0.1, 0.15) is 11.8 Å². The second kappa shape index (κ2) is 7.92. The zero-order chi connectivity index (χ0) is 19.4. The van der Waals surface area contributed by atoms with Crippen LogP contribution in [0.2, 0.25) is 0 Å². The third-order valence-electron chi connectivity index (χ3n) is 4.49. The van der Waals surface area contributed by atoms with E-state index in [-0.39, 0.29) is 12.2 Å². The second-order valence-corrected chi connectivity index (χ2v) is 6.50. The quantitative estimate of drug-likeness (QED) is 0.426. The SMILES string of the molecule is NC(=O)[C@H](Cc1ccc(O)cc1)NC(=O)[C@@H](N)Cc1c[nH]c2ccccc12. The molecule has 0 saturated carbocycles. The molecular formula is C20H22N4O3. The zero-order valence-electron chi connectivity index (χ0n) is 14.7. The number of aromatic amines is 1. The van der Waals surface area contributed by atoms with Gasteiger partial charge in [-0.1, -0.05) is 30.3 Å². The van der Waals surface area contributed by atoms with E-state index in [4.69, 9.17) is 11.5 Å². The fraction of sp³-hybridized carbons (Fsp3) is 0.200. The molecule has 0 spiro atoms. The van der Waals surface area contributed by atoms with Gasteiger partial charge in [-0.05, 0) is 35.7 Å². The summed E-state index contributed by atoms with van der Waals surface area (Å²) in [7, 11) is 0. The van der Waals surface area contributed by atoms with E-state index in [9.17, 15) is 14.7 Å². The lowest BCUT2D eigenvalue weighted by molar-refractivity contribution is -0.128. The van der Waals surface area contributed by atoms with Crippen LogP contribution in [-0.2, 0) is 22.4 Å². The number of benzene rings is 2. The Morgan fingerprint density at radius 1 is 1.07 bits per heavy atom. The summed E-state index contributed by atoms with van der Waals surface area (Å²) in [5, 5.41) is 13.0. The molecule has 27 heavy (non-hydrogen) atoms. The van der Waals surface area contributed by atoms with Crippen LogP contribution in [0.25, 0.3) is 10.9 Å². The van der Waals surface area contributed by atoms with Crippen molar-refractivity contribution in [2.75, 3.05) is 0 Å². The van der Waals surface area contributed by atoms with Crippen molar-refractivity contribution in [3.8, 4) is 5.75 Å². The molecule has 0 aliphatic carbocycles. The molecular weight excluding hydrogens is 344 g/mol. The summed E-state index contributed by atoms with van der Waals surface area (Å²) in [5.74, 6) is -0.960. The Morgan fingerprint density at radius 3 is 2.48 bits per heavy atom. The van der Waals surface area contributed by atoms with Crippen LogP contribution in [0.15, 0.2) is 54.7 Å². The van der Waals surface area contributed by atoms with E-state index in [0.717, 1.165) is 22.0 Å². The highest BCUT2D eigenvalue weighted by atomic mass is 16.3. The Bertz CT molecular complexity index is 949. The van der Waals surface area contributed by atoms with Gasteiger partial charge in [0.15, 0.2) is 0 Å². The normalized spacial score (nSPS) is 13.2. The minimum Gasteiger partial charge on any atom is -0.508 e. The molecule has 140 valence electrons. The van der Waals surface area contributed by atoms with Crippen LogP contribution in [0.3, 0.4) is 0 Å². The van der Waals surface area contributed by atoms with Crippen molar-refractivity contribution in [2.45, 2.75) is 24.9 Å². The number of hydrogen-bond donors (Lipinski definition) is 5. The van der Waals surface area contributed by atoms with Crippen molar-refractivity contribution in [3.63, 3.8) is 0 Å². The van der Waals surface area contributed by atoms with Gasteiger partial charge < -0.3 is 26.9 Å². The van der Waals surface area contributed by atoms with Gasteiger partial charge in [-0.25, -0.2) is 0 Å². The van der Waals surface area contributed by atoms with E-state index < -0.39 is 23.9 Å². The number of H-pyrrole nitrogens is 1. The standard InChI is InChI=1S/C20H22N4O3/c21-16(10-13-11-23-17-4-2-1-3-15(13)17)20(27)24-18(19(22)26)9-12-5-7-14(25)8-6-12/h1-8,11,16,18,23,25H,9-10,21H2,(H2,22,26)(H,24,27)/t16-,18-/m0/s1. The van der Waals surface area contributed by atoms with E-state index in [1.54, 1.807) is 12.1 Å². The summed E-state index contributed by atoms with van der Waals surface area (Å²) in [5.41, 5.74) is 14.1. The van der Waals surface area contributed by atoms with E-state index in [0.29, 0.717) is 6.42 Å². The molecule has 0 radical (unpaired) electrons. The number of aromatic nitrogens is 1. The topological polar surface area (TPSA) is 134 Å². The number of nitrogens with one attached hydrogen (secondary N) is 2. The van der Waals surface area contributed by atoms with Crippen LogP contribution in [0.1, 0.15) is 11.1 Å². The largest absolute Gasteiger partial charge is 0.508 e. The molecule has 0 fully saturated rings. The van der Waals surface area contributed by atoms with Crippen LogP contribution in [0.4, 0.5) is 0 Å². The Labute approximate surface area is 156 Å². The lowest BCUT2D eigenvalue weighted by Gasteiger charge is -2.18. The minimum absolute atomic E-state index is 0.124. The van der Waals surface area contributed by atoms with Crippen LogP contribution in [0.5, 0.6) is 5.75 Å². The number of para-hydroxylation sites is 1. The van der Waals surface area contributed by atoms with E-state index in [2.05, 4.69) is 10.3 Å². The van der Waals surface area contributed by atoms with Crippen molar-refractivity contribution >= 4 is 22.7 Å². The number of aromatic hydroxyl groups is 1. The highest BCUT2D eigenvalue weighted by Crippen LogP contribution is 2.19. The Kier molecular flexibility index (Phi) is 5.42. The summed E-state index contributed by atoms with van der Waals surface area (Å²) in [6, 6.07) is 12.4. The molecule has 7 heteroatoms. The zero-order valence-corrected chi connectivity index (χ0v) is 14.7. The summed E-state index contributed by atoms with van der Waals surface area (Å²) >= 11 is 0. The monoisotopic (exact) mass is 366 g/mol. The average Bonchev–Trinajstić information content (AvgIpc) is 3.05. The molecule has 0 unspecified atom stereocenters. The summed E-state index contributed by atoms with van der Waals surface area (Å²) in [4.78, 5) is 27.4. The molecule has 7 nitrogen and oxygen atoms in total. The van der Waals surface area contributed by atoms with Gasteiger partial charge in [0, 0.05) is 23.5 Å². The van der Waals surface area contributed by atoms with Gasteiger partial charge in [-0.15, -0.1) is 0 Å². The van der Waals surface area contributed by atoms with Crippen molar-refractivity contribution in [2.24, 2.45) is 11.5 Å². The lowest BCUT2D eigenvalue weighted by Crippen LogP contribution is -2.51. The second-order valence-electron chi connectivity index (χ2n) is 6.50. The fourth-order valence-electron chi connectivity index (χ4n) is 3.00. The molecule has 0 bridgehead atoms. The van der Waals surface area contributed by atoms with Crippen LogP contribution in [0, 0.1) is 0 Å². The maximum Gasteiger partial charge on any atom is 0.240 e. The first-order valence-corrected chi connectivity index (χ1v) is 8.62. The first-order chi connectivity index (χ1) is 12.9. The first-order valence-electron chi connectivity index (χ1n) is 8.62. The summed E-state index contributed by atoms with van der Waals surface area (Å²) < 4.78 is 0. The Morgan fingerprint density at radius 2 is 1.78 bits per heavy atom. The molecule has 2 atom stereocenters. The molecule has 0 aliphatic rings. The maximum absolute atomic E-state index is 12.5. The maximum atomic E-state index is 12.5. The van der Waals surface area contributed by atoms with Crippen molar-refractivity contribution in [3.05, 3.63) is 65.9 Å². The van der Waals surface area contributed by atoms with Gasteiger partial charge in [0.05, 0.1) is 6.04 Å². The van der Waals surface area contributed by atoms with Crippen molar-refractivity contribution < 1.29 is 14.7 Å². The number of amides is 2. The smallest absolute Gasteiger partial charge is 0.240 e. The number of nitrogens with two attached hydrogens (primary N) is 2. The van der Waals surface area contributed by atoms with Crippen LogP contribution < -0.4 is 16.8 Å². The third kappa shape index (κ3) is 4.45. The van der Waals surface area contributed by atoms with E-state index in [1.807, 2.05) is 30.5 Å². The molecule has 3 rings (SSSR count). The van der Waals surface area contributed by atoms with Crippen LogP contribution >= 0.6 is 0 Å². The van der Waals surface area contributed by atoms with E-state index >= 15 is 0 Å².